The molecule has 0 amide bonds. The van der Waals surface area contributed by atoms with E-state index in [2.05, 4.69) is 32.7 Å². The predicted octanol–water partition coefficient (Wildman–Crippen LogP) is 3.28. The van der Waals surface area contributed by atoms with E-state index >= 15 is 0 Å². The van der Waals surface area contributed by atoms with E-state index in [1.807, 2.05) is 0 Å². The first-order valence-corrected chi connectivity index (χ1v) is 8.26. The Hall–Kier alpha value is -0.120. The van der Waals surface area contributed by atoms with Crippen LogP contribution in [0.25, 0.3) is 0 Å². The van der Waals surface area contributed by atoms with Gasteiger partial charge in [0.15, 0.2) is 0 Å². The van der Waals surface area contributed by atoms with Crippen LogP contribution in [0.3, 0.4) is 0 Å². The van der Waals surface area contributed by atoms with Crippen LogP contribution in [-0.2, 0) is 4.74 Å². The standard InChI is InChI=1S/C17H36N2O/c1-16(2,3)15-8-6-10-17(14-18,11-9-15)19(4)12-7-13-20-5/h15H,6-14,18H2,1-5H3. The van der Waals surface area contributed by atoms with Crippen molar-refractivity contribution in [2.45, 2.75) is 64.8 Å². The molecule has 2 unspecified atom stereocenters. The third kappa shape index (κ3) is 4.71. The molecule has 2 atom stereocenters. The summed E-state index contributed by atoms with van der Waals surface area (Å²) in [6.07, 6.45) is 7.58. The van der Waals surface area contributed by atoms with Crippen LogP contribution in [0.15, 0.2) is 0 Å². The van der Waals surface area contributed by atoms with E-state index in [0.717, 1.165) is 32.0 Å². The molecule has 0 aliphatic heterocycles. The van der Waals surface area contributed by atoms with Gasteiger partial charge >= 0.3 is 0 Å². The summed E-state index contributed by atoms with van der Waals surface area (Å²) in [4.78, 5) is 2.51. The average Bonchev–Trinajstić information content (AvgIpc) is 2.61. The fourth-order valence-corrected chi connectivity index (χ4v) is 3.68. The van der Waals surface area contributed by atoms with E-state index in [-0.39, 0.29) is 5.54 Å². The zero-order chi connectivity index (χ0) is 15.2. The van der Waals surface area contributed by atoms with E-state index in [1.165, 1.54) is 32.1 Å². The van der Waals surface area contributed by atoms with Gasteiger partial charge in [-0.05, 0) is 50.5 Å². The van der Waals surface area contributed by atoms with Crippen LogP contribution in [0.2, 0.25) is 0 Å². The van der Waals surface area contributed by atoms with E-state index in [1.54, 1.807) is 7.11 Å². The van der Waals surface area contributed by atoms with E-state index < -0.39 is 0 Å². The maximum Gasteiger partial charge on any atom is 0.0474 e. The Morgan fingerprint density at radius 2 is 1.95 bits per heavy atom. The summed E-state index contributed by atoms with van der Waals surface area (Å²) < 4.78 is 5.17. The van der Waals surface area contributed by atoms with Crippen molar-refractivity contribution in [3.8, 4) is 0 Å². The molecule has 1 saturated carbocycles. The van der Waals surface area contributed by atoms with Gasteiger partial charge in [-0.1, -0.05) is 27.2 Å². The molecule has 0 bridgehead atoms. The van der Waals surface area contributed by atoms with Crippen LogP contribution < -0.4 is 5.73 Å². The zero-order valence-electron chi connectivity index (χ0n) is 14.4. The fraction of sp³-hybridized carbons (Fsp3) is 1.00. The van der Waals surface area contributed by atoms with Crippen molar-refractivity contribution >= 4 is 0 Å². The van der Waals surface area contributed by atoms with Crippen molar-refractivity contribution in [2.75, 3.05) is 33.9 Å². The first-order valence-electron chi connectivity index (χ1n) is 8.26. The maximum absolute atomic E-state index is 6.19. The molecule has 1 fully saturated rings. The van der Waals surface area contributed by atoms with Crippen molar-refractivity contribution < 1.29 is 4.74 Å². The van der Waals surface area contributed by atoms with Gasteiger partial charge in [-0.25, -0.2) is 0 Å². The van der Waals surface area contributed by atoms with Crippen LogP contribution >= 0.6 is 0 Å². The maximum atomic E-state index is 6.19. The highest BCUT2D eigenvalue weighted by atomic mass is 16.5. The third-order valence-corrected chi connectivity index (χ3v) is 5.41. The molecule has 0 aromatic carbocycles. The molecule has 2 N–H and O–H groups in total. The number of rotatable bonds is 6. The highest BCUT2D eigenvalue weighted by Gasteiger charge is 2.37. The quantitative estimate of drug-likeness (QED) is 0.601. The Kier molecular flexibility index (Phi) is 6.96. The largest absolute Gasteiger partial charge is 0.385 e. The van der Waals surface area contributed by atoms with Gasteiger partial charge in [0, 0.05) is 32.3 Å². The van der Waals surface area contributed by atoms with Gasteiger partial charge in [-0.3, -0.25) is 4.90 Å². The SMILES string of the molecule is COCCCN(C)C1(CN)CCCC(C(C)(C)C)CC1. The number of hydrogen-bond donors (Lipinski definition) is 1. The summed E-state index contributed by atoms with van der Waals surface area (Å²) in [5, 5.41) is 0. The molecule has 0 radical (unpaired) electrons. The summed E-state index contributed by atoms with van der Waals surface area (Å²) in [5.74, 6) is 0.836. The highest BCUT2D eigenvalue weighted by Crippen LogP contribution is 2.41. The summed E-state index contributed by atoms with van der Waals surface area (Å²) in [6, 6.07) is 0. The number of hydrogen-bond acceptors (Lipinski definition) is 3. The normalized spacial score (nSPS) is 28.6. The lowest BCUT2D eigenvalue weighted by Gasteiger charge is -2.41. The molecule has 1 aliphatic carbocycles. The van der Waals surface area contributed by atoms with Crippen LogP contribution in [0.5, 0.6) is 0 Å². The molecule has 0 heterocycles. The van der Waals surface area contributed by atoms with Gasteiger partial charge in [0.05, 0.1) is 0 Å². The molecule has 1 rings (SSSR count). The summed E-state index contributed by atoms with van der Waals surface area (Å²) >= 11 is 0. The molecular formula is C17H36N2O. The Bertz CT molecular complexity index is 275. The van der Waals surface area contributed by atoms with Gasteiger partial charge in [-0.2, -0.15) is 0 Å². The number of likely N-dealkylation sites (N-methyl/N-ethyl adjacent to an activating group) is 1. The molecule has 20 heavy (non-hydrogen) atoms. The Morgan fingerprint density at radius 3 is 2.50 bits per heavy atom. The minimum atomic E-state index is 0.216. The first kappa shape index (κ1) is 17.9. The van der Waals surface area contributed by atoms with Crippen molar-refractivity contribution in [1.29, 1.82) is 0 Å². The second kappa shape index (κ2) is 7.77. The van der Waals surface area contributed by atoms with E-state index in [9.17, 15) is 0 Å². The molecular weight excluding hydrogens is 248 g/mol. The van der Waals surface area contributed by atoms with Gasteiger partial charge in [0.1, 0.15) is 0 Å². The van der Waals surface area contributed by atoms with Gasteiger partial charge in [0.2, 0.25) is 0 Å². The Balaban J connectivity index is 2.64. The van der Waals surface area contributed by atoms with Crippen molar-refractivity contribution in [2.24, 2.45) is 17.1 Å². The number of ether oxygens (including phenoxy) is 1. The van der Waals surface area contributed by atoms with Crippen molar-refractivity contribution in [3.63, 3.8) is 0 Å². The molecule has 3 heteroatoms. The number of methoxy groups -OCH3 is 1. The highest BCUT2D eigenvalue weighted by molar-refractivity contribution is 4.94. The predicted molar refractivity (Wildman–Crippen MR) is 86.9 cm³/mol. The van der Waals surface area contributed by atoms with Crippen LogP contribution in [0.1, 0.15) is 59.3 Å². The second-order valence-electron chi connectivity index (χ2n) is 7.69. The van der Waals surface area contributed by atoms with Gasteiger partial charge in [0.25, 0.3) is 0 Å². The number of nitrogens with two attached hydrogens (primary N) is 1. The van der Waals surface area contributed by atoms with Crippen molar-refractivity contribution in [3.05, 3.63) is 0 Å². The molecule has 0 aromatic rings. The van der Waals surface area contributed by atoms with E-state index in [0.29, 0.717) is 5.41 Å². The zero-order valence-corrected chi connectivity index (χ0v) is 14.4. The lowest BCUT2D eigenvalue weighted by molar-refractivity contribution is 0.0886. The summed E-state index contributed by atoms with van der Waals surface area (Å²) in [5.41, 5.74) is 6.84. The monoisotopic (exact) mass is 284 g/mol. The topological polar surface area (TPSA) is 38.5 Å². The Morgan fingerprint density at radius 1 is 1.25 bits per heavy atom. The van der Waals surface area contributed by atoms with E-state index in [4.69, 9.17) is 10.5 Å². The van der Waals surface area contributed by atoms with Gasteiger partial charge < -0.3 is 10.5 Å². The third-order valence-electron chi connectivity index (χ3n) is 5.41. The molecule has 0 aromatic heterocycles. The lowest BCUT2D eigenvalue weighted by Crippen LogP contribution is -2.52. The lowest BCUT2D eigenvalue weighted by atomic mass is 9.76. The summed E-state index contributed by atoms with van der Waals surface area (Å²) in [6.45, 7) is 9.87. The van der Waals surface area contributed by atoms with Crippen LogP contribution in [-0.4, -0.2) is 44.3 Å². The van der Waals surface area contributed by atoms with Crippen LogP contribution in [0, 0.1) is 11.3 Å². The Labute approximate surface area is 126 Å². The molecule has 0 saturated heterocycles. The number of nitrogens with zero attached hydrogens (tertiary/aromatic N) is 1. The minimum Gasteiger partial charge on any atom is -0.385 e. The molecule has 120 valence electrons. The molecule has 0 spiro atoms. The fourth-order valence-electron chi connectivity index (χ4n) is 3.68. The first-order chi connectivity index (χ1) is 9.35. The smallest absolute Gasteiger partial charge is 0.0474 e. The second-order valence-corrected chi connectivity index (χ2v) is 7.69. The van der Waals surface area contributed by atoms with Crippen molar-refractivity contribution in [1.82, 2.24) is 4.90 Å². The summed E-state index contributed by atoms with van der Waals surface area (Å²) in [7, 11) is 4.03. The average molecular weight is 284 g/mol. The minimum absolute atomic E-state index is 0.216. The van der Waals surface area contributed by atoms with Crippen LogP contribution in [0.4, 0.5) is 0 Å². The van der Waals surface area contributed by atoms with Gasteiger partial charge in [-0.15, -0.1) is 0 Å². The molecule has 3 nitrogen and oxygen atoms in total. The molecule has 1 aliphatic rings.